The number of carbonyl (C=O) groups is 1. The van der Waals surface area contributed by atoms with Gasteiger partial charge in [0.2, 0.25) is 5.91 Å². The average molecular weight is 508 g/mol. The lowest BCUT2D eigenvalue weighted by molar-refractivity contribution is -0.117. The van der Waals surface area contributed by atoms with E-state index in [2.05, 4.69) is 39.1 Å². The Morgan fingerprint density at radius 1 is 1.00 bits per heavy atom. The second kappa shape index (κ2) is 10.8. The molecule has 188 valence electrons. The lowest BCUT2D eigenvalue weighted by atomic mass is 10.0. The zero-order valence-corrected chi connectivity index (χ0v) is 21.1. The molecule has 5 rings (SSSR count). The van der Waals surface area contributed by atoms with Crippen molar-refractivity contribution >= 4 is 29.1 Å². The summed E-state index contributed by atoms with van der Waals surface area (Å²) in [5, 5.41) is 0.591. The van der Waals surface area contributed by atoms with Crippen LogP contribution >= 0.6 is 11.6 Å². The van der Waals surface area contributed by atoms with Gasteiger partial charge in [-0.25, -0.2) is 0 Å². The number of hydrogen-bond donors (Lipinski definition) is 1. The molecule has 0 aliphatic carbocycles. The van der Waals surface area contributed by atoms with Gasteiger partial charge >= 0.3 is 6.01 Å². The van der Waals surface area contributed by atoms with Gasteiger partial charge in [-0.3, -0.25) is 14.6 Å². The number of nitrogens with two attached hydrogens (primary N) is 1. The molecule has 36 heavy (non-hydrogen) atoms. The Balaban J connectivity index is 1.31. The van der Waals surface area contributed by atoms with Crippen LogP contribution in [0.3, 0.4) is 0 Å². The quantitative estimate of drug-likeness (QED) is 0.436. The second-order valence-electron chi connectivity index (χ2n) is 9.18. The highest BCUT2D eigenvalue weighted by Gasteiger charge is 2.32. The average Bonchev–Trinajstić information content (AvgIpc) is 3.49. The van der Waals surface area contributed by atoms with Gasteiger partial charge in [-0.05, 0) is 54.3 Å². The fraction of sp³-hybridized carbons (Fsp3) is 0.370. The number of carbonyl (C=O) groups excluding carboxylic acids is 1. The van der Waals surface area contributed by atoms with E-state index in [1.165, 1.54) is 31.5 Å². The van der Waals surface area contributed by atoms with Crippen LogP contribution in [0.15, 0.2) is 42.5 Å². The minimum atomic E-state index is -0.103. The lowest BCUT2D eigenvalue weighted by Crippen LogP contribution is -2.27. The van der Waals surface area contributed by atoms with Crippen molar-refractivity contribution in [2.24, 2.45) is 0 Å². The van der Waals surface area contributed by atoms with E-state index in [9.17, 15) is 4.79 Å². The van der Waals surface area contributed by atoms with Crippen molar-refractivity contribution in [3.8, 4) is 17.1 Å². The topological polar surface area (TPSA) is 93.8 Å². The van der Waals surface area contributed by atoms with Gasteiger partial charge < -0.3 is 15.2 Å². The molecular formula is C27H30ClN5O3. The maximum Gasteiger partial charge on any atom is 0.320 e. The Kier molecular flexibility index (Phi) is 7.36. The first-order valence-corrected chi connectivity index (χ1v) is 12.6. The number of benzene rings is 2. The Morgan fingerprint density at radius 3 is 2.47 bits per heavy atom. The van der Waals surface area contributed by atoms with Crippen molar-refractivity contribution in [3.05, 3.63) is 64.2 Å². The summed E-state index contributed by atoms with van der Waals surface area (Å²) in [7, 11) is 1.58. The van der Waals surface area contributed by atoms with Crippen LogP contribution in [-0.4, -0.2) is 54.2 Å². The summed E-state index contributed by atoms with van der Waals surface area (Å²) in [5.41, 5.74) is 11.0. The molecule has 8 nitrogen and oxygen atoms in total. The molecule has 1 saturated heterocycles. The number of nitrogen functional groups attached to an aromatic ring is 1. The molecule has 3 aromatic rings. The fourth-order valence-corrected chi connectivity index (χ4v) is 4.94. The first-order valence-electron chi connectivity index (χ1n) is 12.2. The van der Waals surface area contributed by atoms with E-state index < -0.39 is 0 Å². The van der Waals surface area contributed by atoms with Crippen LogP contribution in [0.4, 0.5) is 11.6 Å². The summed E-state index contributed by atoms with van der Waals surface area (Å²) in [4.78, 5) is 25.5. The first-order chi connectivity index (χ1) is 17.5. The van der Waals surface area contributed by atoms with E-state index in [0.717, 1.165) is 23.2 Å². The Morgan fingerprint density at radius 2 is 1.75 bits per heavy atom. The number of amides is 1. The number of nitrogens with zero attached hydrogens (tertiary/aromatic N) is 4. The number of aromatic nitrogens is 2. The molecule has 2 aliphatic heterocycles. The summed E-state index contributed by atoms with van der Waals surface area (Å²) in [6.45, 7) is 4.33. The minimum Gasteiger partial charge on any atom is -0.461 e. The van der Waals surface area contributed by atoms with Crippen LogP contribution in [0.1, 0.15) is 29.5 Å². The number of anilines is 2. The maximum absolute atomic E-state index is 12.8. The highest BCUT2D eigenvalue weighted by Crippen LogP contribution is 2.35. The number of likely N-dealkylation sites (tertiary alicyclic amines) is 1. The Hall–Kier alpha value is -3.20. The molecule has 1 aromatic heterocycles. The monoisotopic (exact) mass is 507 g/mol. The van der Waals surface area contributed by atoms with Crippen LogP contribution < -0.4 is 15.4 Å². The SMILES string of the molecule is COCCOc1nc(N)c2c(n1)N(Cc1ccc(-c3ccc(CN4CCCC4)cc3)cc1Cl)C(=O)C2. The number of methoxy groups -OCH3 is 1. The largest absolute Gasteiger partial charge is 0.461 e. The van der Waals surface area contributed by atoms with Gasteiger partial charge in [0.15, 0.2) is 0 Å². The van der Waals surface area contributed by atoms with Crippen molar-refractivity contribution in [3.63, 3.8) is 0 Å². The van der Waals surface area contributed by atoms with Crippen molar-refractivity contribution in [1.82, 2.24) is 14.9 Å². The fourth-order valence-electron chi connectivity index (χ4n) is 4.70. The number of fused-ring (bicyclic) bond motifs is 1. The predicted octanol–water partition coefficient (Wildman–Crippen LogP) is 4.09. The third-order valence-electron chi connectivity index (χ3n) is 6.67. The molecule has 2 aromatic carbocycles. The molecule has 0 spiro atoms. The molecule has 2 aliphatic rings. The van der Waals surface area contributed by atoms with Crippen LogP contribution in [0.5, 0.6) is 6.01 Å². The number of halogens is 1. The molecule has 2 N–H and O–H groups in total. The van der Waals surface area contributed by atoms with E-state index in [1.807, 2.05) is 18.2 Å². The maximum atomic E-state index is 12.8. The summed E-state index contributed by atoms with van der Waals surface area (Å²) in [6, 6.07) is 14.7. The zero-order valence-electron chi connectivity index (χ0n) is 20.4. The van der Waals surface area contributed by atoms with Crippen molar-refractivity contribution in [2.75, 3.05) is 44.0 Å². The van der Waals surface area contributed by atoms with Crippen LogP contribution in [0.25, 0.3) is 11.1 Å². The Bertz CT molecular complexity index is 1240. The summed E-state index contributed by atoms with van der Waals surface area (Å²) >= 11 is 6.68. The van der Waals surface area contributed by atoms with E-state index in [0.29, 0.717) is 23.0 Å². The van der Waals surface area contributed by atoms with Gasteiger partial charge in [-0.15, -0.1) is 0 Å². The highest BCUT2D eigenvalue weighted by atomic mass is 35.5. The molecule has 9 heteroatoms. The van der Waals surface area contributed by atoms with Gasteiger partial charge in [-0.1, -0.05) is 48.0 Å². The van der Waals surface area contributed by atoms with Crippen molar-refractivity contribution in [1.29, 1.82) is 0 Å². The molecule has 0 bridgehead atoms. The van der Waals surface area contributed by atoms with Gasteiger partial charge in [0, 0.05) is 24.2 Å². The summed E-state index contributed by atoms with van der Waals surface area (Å²) in [6.07, 6.45) is 2.74. The van der Waals surface area contributed by atoms with Crippen LogP contribution in [0.2, 0.25) is 5.02 Å². The smallest absolute Gasteiger partial charge is 0.320 e. The van der Waals surface area contributed by atoms with E-state index in [1.54, 1.807) is 12.0 Å². The van der Waals surface area contributed by atoms with Crippen LogP contribution in [-0.2, 0) is 29.0 Å². The third kappa shape index (κ3) is 5.31. The summed E-state index contributed by atoms with van der Waals surface area (Å²) < 4.78 is 10.5. The molecular weight excluding hydrogens is 478 g/mol. The van der Waals surface area contributed by atoms with Gasteiger partial charge in [-0.2, -0.15) is 9.97 Å². The second-order valence-corrected chi connectivity index (χ2v) is 9.59. The van der Waals surface area contributed by atoms with E-state index in [-0.39, 0.29) is 37.3 Å². The molecule has 0 radical (unpaired) electrons. The molecule has 1 fully saturated rings. The molecule has 1 amide bonds. The Labute approximate surface area is 216 Å². The molecule has 0 unspecified atom stereocenters. The molecule has 3 heterocycles. The van der Waals surface area contributed by atoms with Gasteiger partial charge in [0.05, 0.1) is 19.6 Å². The van der Waals surface area contributed by atoms with Crippen molar-refractivity contribution < 1.29 is 14.3 Å². The van der Waals surface area contributed by atoms with E-state index in [4.69, 9.17) is 26.8 Å². The van der Waals surface area contributed by atoms with Gasteiger partial charge in [0.1, 0.15) is 18.2 Å². The van der Waals surface area contributed by atoms with Crippen molar-refractivity contribution in [2.45, 2.75) is 32.4 Å². The molecule has 0 saturated carbocycles. The normalized spacial score (nSPS) is 15.5. The number of hydrogen-bond acceptors (Lipinski definition) is 7. The minimum absolute atomic E-state index is 0.103. The lowest BCUT2D eigenvalue weighted by Gasteiger charge is -2.18. The summed E-state index contributed by atoms with van der Waals surface area (Å²) in [5.74, 6) is 0.611. The standard InChI is InChI=1S/C27H30ClN5O3/c1-35-12-13-36-27-30-25(29)22-15-24(34)33(26(22)31-27)17-21-9-8-20(14-23(21)28)19-6-4-18(5-7-19)16-32-10-2-3-11-32/h4-9,14H,2-3,10-13,15-17H2,1H3,(H2,29,30,31). The first kappa shape index (κ1) is 24.5. The number of rotatable bonds is 9. The number of ether oxygens (including phenoxy) is 2. The van der Waals surface area contributed by atoms with Gasteiger partial charge in [0.25, 0.3) is 0 Å². The highest BCUT2D eigenvalue weighted by molar-refractivity contribution is 6.31. The van der Waals surface area contributed by atoms with E-state index >= 15 is 0 Å². The van der Waals surface area contributed by atoms with Crippen LogP contribution in [0, 0.1) is 0 Å². The zero-order chi connectivity index (χ0) is 25.1. The predicted molar refractivity (Wildman–Crippen MR) is 140 cm³/mol. The third-order valence-corrected chi connectivity index (χ3v) is 7.03. The molecule has 0 atom stereocenters.